The average Bonchev–Trinajstić information content (AvgIpc) is 3.34. The van der Waals surface area contributed by atoms with Gasteiger partial charge in [-0.3, -0.25) is 9.59 Å². The van der Waals surface area contributed by atoms with Gasteiger partial charge in [-0.2, -0.15) is 0 Å². The Morgan fingerprint density at radius 3 is 2.30 bits per heavy atom. The number of carbonyl (C=O) groups excluding carboxylic acids is 2. The van der Waals surface area contributed by atoms with Crippen LogP contribution in [0.2, 0.25) is 0 Å². The fourth-order valence-electron chi connectivity index (χ4n) is 2.99. The lowest BCUT2D eigenvalue weighted by atomic mass is 10.0. The topological polar surface area (TPSA) is 97.1 Å². The maximum Gasteiger partial charge on any atom is 0.252 e. The minimum atomic E-state index is -0.869. The number of hydrogen-bond acceptors (Lipinski definition) is 5. The first kappa shape index (κ1) is 19.1. The summed E-state index contributed by atoms with van der Waals surface area (Å²) in [6, 6.07) is 24.0. The van der Waals surface area contributed by atoms with Crippen molar-refractivity contribution in [3.8, 4) is 11.5 Å². The second-order valence-electron chi connectivity index (χ2n) is 6.50. The van der Waals surface area contributed by atoms with Gasteiger partial charge in [-0.05, 0) is 35.9 Å². The van der Waals surface area contributed by atoms with Crippen LogP contribution < -0.4 is 10.6 Å². The van der Waals surface area contributed by atoms with Crippen molar-refractivity contribution in [2.24, 2.45) is 0 Å². The fraction of sp³-hybridized carbons (Fsp3) is 0.0435. The summed E-state index contributed by atoms with van der Waals surface area (Å²) in [5.41, 5.74) is 2.37. The van der Waals surface area contributed by atoms with Crippen LogP contribution in [0.4, 0.5) is 5.69 Å². The summed E-state index contributed by atoms with van der Waals surface area (Å²) in [5, 5.41) is 13.2. The molecule has 0 fully saturated rings. The van der Waals surface area contributed by atoms with Crippen molar-refractivity contribution in [1.82, 2.24) is 15.5 Å². The van der Waals surface area contributed by atoms with E-state index in [2.05, 4.69) is 20.8 Å². The van der Waals surface area contributed by atoms with Crippen LogP contribution in [0.3, 0.4) is 0 Å². The molecule has 0 aliphatic carbocycles. The van der Waals surface area contributed by atoms with Gasteiger partial charge in [0.1, 0.15) is 6.04 Å². The molecule has 0 radical (unpaired) electrons. The highest BCUT2D eigenvalue weighted by Gasteiger charge is 2.23. The van der Waals surface area contributed by atoms with Crippen LogP contribution >= 0.6 is 0 Å². The number of nitrogens with one attached hydrogen (secondary N) is 2. The molecule has 3 aromatic carbocycles. The second kappa shape index (κ2) is 8.83. The van der Waals surface area contributed by atoms with Crippen LogP contribution in [0.15, 0.2) is 95.7 Å². The SMILES string of the molecule is O=C(NC(C(=O)Nc1cccc(-c2nnco2)c1)c1ccccc1)c1ccccc1. The van der Waals surface area contributed by atoms with Crippen molar-refractivity contribution in [3.05, 3.63) is 102 Å². The lowest BCUT2D eigenvalue weighted by Crippen LogP contribution is -2.37. The van der Waals surface area contributed by atoms with E-state index in [1.165, 1.54) is 6.39 Å². The molecule has 2 N–H and O–H groups in total. The Bertz CT molecular complexity index is 1130. The predicted molar refractivity (Wildman–Crippen MR) is 111 cm³/mol. The molecule has 30 heavy (non-hydrogen) atoms. The number of nitrogens with zero attached hydrogens (tertiary/aromatic N) is 2. The summed E-state index contributed by atoms with van der Waals surface area (Å²) in [6.45, 7) is 0. The zero-order chi connectivity index (χ0) is 20.8. The number of rotatable bonds is 6. The molecule has 4 aromatic rings. The fourth-order valence-corrected chi connectivity index (χ4v) is 2.99. The standard InChI is InChI=1S/C23H18N4O3/c28-21(17-10-5-2-6-11-17)26-20(16-8-3-1-4-9-16)22(29)25-19-13-7-12-18(14-19)23-27-24-15-30-23/h1-15,20H,(H,25,29)(H,26,28). The molecule has 0 aliphatic rings. The van der Waals surface area contributed by atoms with Gasteiger partial charge in [-0.25, -0.2) is 0 Å². The highest BCUT2D eigenvalue weighted by atomic mass is 16.4. The minimum absolute atomic E-state index is 0.334. The van der Waals surface area contributed by atoms with E-state index >= 15 is 0 Å². The zero-order valence-corrected chi connectivity index (χ0v) is 15.9. The highest BCUT2D eigenvalue weighted by Crippen LogP contribution is 2.22. The Labute approximate surface area is 172 Å². The number of aromatic nitrogens is 2. The van der Waals surface area contributed by atoms with Crippen LogP contribution in [-0.2, 0) is 4.79 Å². The smallest absolute Gasteiger partial charge is 0.252 e. The van der Waals surface area contributed by atoms with E-state index < -0.39 is 6.04 Å². The van der Waals surface area contributed by atoms with E-state index in [0.29, 0.717) is 28.3 Å². The van der Waals surface area contributed by atoms with Crippen molar-refractivity contribution < 1.29 is 14.0 Å². The molecule has 2 amide bonds. The molecule has 1 heterocycles. The van der Waals surface area contributed by atoms with Crippen molar-refractivity contribution in [1.29, 1.82) is 0 Å². The molecule has 148 valence electrons. The lowest BCUT2D eigenvalue weighted by molar-refractivity contribution is -0.118. The Kier molecular flexibility index (Phi) is 5.61. The van der Waals surface area contributed by atoms with Crippen LogP contribution in [0, 0.1) is 0 Å². The van der Waals surface area contributed by atoms with Gasteiger partial charge in [0.25, 0.3) is 11.8 Å². The monoisotopic (exact) mass is 398 g/mol. The summed E-state index contributed by atoms with van der Waals surface area (Å²) in [5.74, 6) is -0.351. The Morgan fingerprint density at radius 2 is 1.60 bits per heavy atom. The van der Waals surface area contributed by atoms with E-state index in [1.807, 2.05) is 24.3 Å². The molecule has 0 aliphatic heterocycles. The molecule has 0 spiro atoms. The van der Waals surface area contributed by atoms with Gasteiger partial charge in [0.2, 0.25) is 12.3 Å². The van der Waals surface area contributed by atoms with Crippen molar-refractivity contribution in [2.45, 2.75) is 6.04 Å². The third kappa shape index (κ3) is 4.41. The van der Waals surface area contributed by atoms with Gasteiger partial charge >= 0.3 is 0 Å². The van der Waals surface area contributed by atoms with Gasteiger partial charge in [0.05, 0.1) is 0 Å². The van der Waals surface area contributed by atoms with E-state index in [9.17, 15) is 9.59 Å². The molecule has 0 bridgehead atoms. The van der Waals surface area contributed by atoms with Gasteiger partial charge < -0.3 is 15.1 Å². The van der Waals surface area contributed by atoms with E-state index in [1.54, 1.807) is 60.7 Å². The first-order valence-corrected chi connectivity index (χ1v) is 9.29. The highest BCUT2D eigenvalue weighted by molar-refractivity contribution is 6.01. The second-order valence-corrected chi connectivity index (χ2v) is 6.50. The number of benzene rings is 3. The minimum Gasteiger partial charge on any atom is -0.423 e. The zero-order valence-electron chi connectivity index (χ0n) is 15.9. The quantitative estimate of drug-likeness (QED) is 0.514. The Hall–Kier alpha value is -4.26. The molecule has 7 nitrogen and oxygen atoms in total. The number of hydrogen-bond donors (Lipinski definition) is 2. The first-order valence-electron chi connectivity index (χ1n) is 9.29. The number of carbonyl (C=O) groups is 2. The van der Waals surface area contributed by atoms with Gasteiger partial charge in [0, 0.05) is 16.8 Å². The molecule has 0 saturated carbocycles. The van der Waals surface area contributed by atoms with Crippen molar-refractivity contribution in [2.75, 3.05) is 5.32 Å². The van der Waals surface area contributed by atoms with Gasteiger partial charge in [0.15, 0.2) is 0 Å². The summed E-state index contributed by atoms with van der Waals surface area (Å²) in [6.07, 6.45) is 1.24. The van der Waals surface area contributed by atoms with E-state index in [-0.39, 0.29) is 11.8 Å². The van der Waals surface area contributed by atoms with Crippen LogP contribution in [0.5, 0.6) is 0 Å². The molecule has 0 saturated heterocycles. The average molecular weight is 398 g/mol. The van der Waals surface area contributed by atoms with Crippen LogP contribution in [-0.4, -0.2) is 22.0 Å². The van der Waals surface area contributed by atoms with Crippen molar-refractivity contribution in [3.63, 3.8) is 0 Å². The largest absolute Gasteiger partial charge is 0.423 e. The third-order valence-electron chi connectivity index (χ3n) is 4.44. The van der Waals surface area contributed by atoms with E-state index in [4.69, 9.17) is 4.42 Å². The summed E-state index contributed by atoms with van der Waals surface area (Å²) >= 11 is 0. The summed E-state index contributed by atoms with van der Waals surface area (Å²) in [7, 11) is 0. The lowest BCUT2D eigenvalue weighted by Gasteiger charge is -2.19. The number of amides is 2. The van der Waals surface area contributed by atoms with Crippen LogP contribution in [0.1, 0.15) is 22.0 Å². The summed E-state index contributed by atoms with van der Waals surface area (Å²) in [4.78, 5) is 25.8. The van der Waals surface area contributed by atoms with Crippen molar-refractivity contribution >= 4 is 17.5 Å². The van der Waals surface area contributed by atoms with Gasteiger partial charge in [-0.15, -0.1) is 10.2 Å². The first-order chi connectivity index (χ1) is 14.7. The summed E-state index contributed by atoms with van der Waals surface area (Å²) < 4.78 is 5.21. The van der Waals surface area contributed by atoms with Crippen LogP contribution in [0.25, 0.3) is 11.5 Å². The third-order valence-corrected chi connectivity index (χ3v) is 4.44. The molecule has 1 aromatic heterocycles. The molecule has 4 rings (SSSR count). The predicted octanol–water partition coefficient (Wildman–Crippen LogP) is 3.85. The normalized spacial score (nSPS) is 11.5. The van der Waals surface area contributed by atoms with E-state index in [0.717, 1.165) is 0 Å². The Balaban J connectivity index is 1.57. The molecule has 1 atom stereocenters. The number of anilines is 1. The molecular formula is C23H18N4O3. The maximum absolute atomic E-state index is 13.1. The Morgan fingerprint density at radius 1 is 0.867 bits per heavy atom. The van der Waals surface area contributed by atoms with Gasteiger partial charge in [-0.1, -0.05) is 54.6 Å². The molecular weight excluding hydrogens is 380 g/mol. The molecule has 1 unspecified atom stereocenters. The molecule has 7 heteroatoms. The maximum atomic E-state index is 13.1.